The van der Waals surface area contributed by atoms with E-state index in [0.29, 0.717) is 25.7 Å². The molecule has 130 valence electrons. The van der Waals surface area contributed by atoms with E-state index in [1.165, 1.54) is 7.11 Å². The highest BCUT2D eigenvalue weighted by molar-refractivity contribution is 14.0. The summed E-state index contributed by atoms with van der Waals surface area (Å²) in [5, 5.41) is 3.15. The van der Waals surface area contributed by atoms with Gasteiger partial charge in [0.25, 0.3) is 0 Å². The Morgan fingerprint density at radius 2 is 2.00 bits per heavy atom. The summed E-state index contributed by atoms with van der Waals surface area (Å²) < 4.78 is 10.4. The van der Waals surface area contributed by atoms with Crippen molar-refractivity contribution in [1.82, 2.24) is 10.2 Å². The minimum Gasteiger partial charge on any atom is -0.492 e. The molecule has 0 amide bonds. The summed E-state index contributed by atoms with van der Waals surface area (Å²) in [5.41, 5.74) is 0. The fourth-order valence-electron chi connectivity index (χ4n) is 1.84. The molecule has 1 unspecified atom stereocenters. The van der Waals surface area contributed by atoms with E-state index in [-0.39, 0.29) is 35.9 Å². The van der Waals surface area contributed by atoms with Crippen LogP contribution in [0.15, 0.2) is 35.3 Å². The Hall–Kier alpha value is -1.51. The van der Waals surface area contributed by atoms with Gasteiger partial charge in [0.15, 0.2) is 5.96 Å². The fraction of sp³-hybridized carbons (Fsp3) is 0.500. The first-order chi connectivity index (χ1) is 10.6. The zero-order chi connectivity index (χ0) is 16.4. The van der Waals surface area contributed by atoms with E-state index in [4.69, 9.17) is 9.47 Å². The van der Waals surface area contributed by atoms with Gasteiger partial charge in [0.2, 0.25) is 0 Å². The third kappa shape index (κ3) is 8.06. The van der Waals surface area contributed by atoms with Crippen LogP contribution in [-0.2, 0) is 9.53 Å². The Kier molecular flexibility index (Phi) is 11.2. The number of methoxy groups -OCH3 is 1. The van der Waals surface area contributed by atoms with Gasteiger partial charge < -0.3 is 19.7 Å². The van der Waals surface area contributed by atoms with Crippen LogP contribution in [0.5, 0.6) is 5.75 Å². The van der Waals surface area contributed by atoms with Crippen LogP contribution in [0.2, 0.25) is 0 Å². The van der Waals surface area contributed by atoms with Crippen molar-refractivity contribution < 1.29 is 14.3 Å². The van der Waals surface area contributed by atoms with E-state index in [9.17, 15) is 4.79 Å². The Morgan fingerprint density at radius 3 is 2.57 bits per heavy atom. The number of hydrogen-bond donors (Lipinski definition) is 1. The average molecular weight is 435 g/mol. The standard InChI is InChI=1S/C16H25N3O3.HI/c1-13(15(20)21-4)12-18-16(17-2)19(3)10-11-22-14-8-6-5-7-9-14;/h5-9,13H,10-12H2,1-4H3,(H,17,18);1H. The van der Waals surface area contributed by atoms with Crippen molar-refractivity contribution in [2.24, 2.45) is 10.9 Å². The second-order valence-corrected chi connectivity index (χ2v) is 4.94. The van der Waals surface area contributed by atoms with Crippen LogP contribution in [0.25, 0.3) is 0 Å². The highest BCUT2D eigenvalue weighted by Crippen LogP contribution is 2.07. The molecule has 1 aromatic carbocycles. The lowest BCUT2D eigenvalue weighted by atomic mass is 10.2. The zero-order valence-electron chi connectivity index (χ0n) is 14.1. The van der Waals surface area contributed by atoms with Gasteiger partial charge in [-0.05, 0) is 12.1 Å². The highest BCUT2D eigenvalue weighted by Gasteiger charge is 2.14. The molecule has 1 N–H and O–H groups in total. The topological polar surface area (TPSA) is 63.2 Å². The molecule has 1 rings (SSSR count). The van der Waals surface area contributed by atoms with Gasteiger partial charge in [-0.2, -0.15) is 0 Å². The molecule has 0 heterocycles. The van der Waals surface area contributed by atoms with E-state index in [0.717, 1.165) is 5.75 Å². The Bertz CT molecular complexity index is 483. The number of likely N-dealkylation sites (N-methyl/N-ethyl adjacent to an activating group) is 1. The van der Waals surface area contributed by atoms with Gasteiger partial charge in [-0.1, -0.05) is 25.1 Å². The van der Waals surface area contributed by atoms with Crippen LogP contribution in [0.3, 0.4) is 0 Å². The summed E-state index contributed by atoms with van der Waals surface area (Å²) in [6, 6.07) is 9.67. The normalized spacial score (nSPS) is 11.9. The van der Waals surface area contributed by atoms with Crippen LogP contribution in [0.1, 0.15) is 6.92 Å². The van der Waals surface area contributed by atoms with E-state index in [1.807, 2.05) is 49.2 Å². The molecule has 7 heteroatoms. The largest absolute Gasteiger partial charge is 0.492 e. The fourth-order valence-corrected chi connectivity index (χ4v) is 1.84. The van der Waals surface area contributed by atoms with Crippen molar-refractivity contribution in [3.63, 3.8) is 0 Å². The number of carbonyl (C=O) groups excluding carboxylic acids is 1. The van der Waals surface area contributed by atoms with Gasteiger partial charge in [0, 0.05) is 20.6 Å². The molecule has 0 bridgehead atoms. The molecule has 0 spiro atoms. The van der Waals surface area contributed by atoms with E-state index >= 15 is 0 Å². The molecule has 0 aliphatic carbocycles. The Labute approximate surface area is 155 Å². The number of halogens is 1. The number of carbonyl (C=O) groups is 1. The summed E-state index contributed by atoms with van der Waals surface area (Å²) >= 11 is 0. The predicted octanol–water partition coefficient (Wildman–Crippen LogP) is 2.00. The Morgan fingerprint density at radius 1 is 1.35 bits per heavy atom. The van der Waals surface area contributed by atoms with Gasteiger partial charge in [0.05, 0.1) is 19.6 Å². The first-order valence-corrected chi connectivity index (χ1v) is 7.26. The maximum absolute atomic E-state index is 11.4. The molecule has 0 radical (unpaired) electrons. The lowest BCUT2D eigenvalue weighted by Gasteiger charge is -2.23. The molecule has 23 heavy (non-hydrogen) atoms. The van der Waals surface area contributed by atoms with Crippen molar-refractivity contribution in [1.29, 1.82) is 0 Å². The summed E-state index contributed by atoms with van der Waals surface area (Å²) in [5.74, 6) is 1.10. The lowest BCUT2D eigenvalue weighted by Crippen LogP contribution is -2.43. The summed E-state index contributed by atoms with van der Waals surface area (Å²) in [4.78, 5) is 17.5. The molecule has 0 aliphatic rings. The molecule has 1 atom stereocenters. The summed E-state index contributed by atoms with van der Waals surface area (Å²) in [6.07, 6.45) is 0. The van der Waals surface area contributed by atoms with Crippen LogP contribution in [0, 0.1) is 5.92 Å². The molecule has 1 aromatic rings. The number of esters is 1. The number of nitrogens with one attached hydrogen (secondary N) is 1. The van der Waals surface area contributed by atoms with Crippen LogP contribution >= 0.6 is 24.0 Å². The van der Waals surface area contributed by atoms with Gasteiger partial charge in [-0.3, -0.25) is 9.79 Å². The zero-order valence-corrected chi connectivity index (χ0v) is 16.4. The second-order valence-electron chi connectivity index (χ2n) is 4.94. The number of ether oxygens (including phenoxy) is 2. The summed E-state index contributed by atoms with van der Waals surface area (Å²) in [7, 11) is 5.02. The van der Waals surface area contributed by atoms with Crippen LogP contribution < -0.4 is 10.1 Å². The van der Waals surface area contributed by atoms with Crippen LogP contribution in [-0.4, -0.2) is 57.7 Å². The number of rotatable bonds is 7. The smallest absolute Gasteiger partial charge is 0.310 e. The molecule has 0 aromatic heterocycles. The maximum atomic E-state index is 11.4. The first-order valence-electron chi connectivity index (χ1n) is 7.26. The minimum atomic E-state index is -0.238. The average Bonchev–Trinajstić information content (AvgIpc) is 2.55. The lowest BCUT2D eigenvalue weighted by molar-refractivity contribution is -0.144. The third-order valence-corrected chi connectivity index (χ3v) is 3.18. The molecule has 0 fully saturated rings. The third-order valence-electron chi connectivity index (χ3n) is 3.18. The maximum Gasteiger partial charge on any atom is 0.310 e. The number of aliphatic imine (C=N–C) groups is 1. The van der Waals surface area contributed by atoms with Crippen molar-refractivity contribution in [2.45, 2.75) is 6.92 Å². The van der Waals surface area contributed by atoms with Crippen molar-refractivity contribution >= 4 is 35.9 Å². The quantitative estimate of drug-likeness (QED) is 0.307. The van der Waals surface area contributed by atoms with Crippen molar-refractivity contribution in [3.05, 3.63) is 30.3 Å². The van der Waals surface area contributed by atoms with E-state index in [1.54, 1.807) is 7.05 Å². The number of para-hydroxylation sites is 1. The number of benzene rings is 1. The molecule has 0 saturated heterocycles. The summed E-state index contributed by atoms with van der Waals surface area (Å²) in [6.45, 7) is 3.52. The van der Waals surface area contributed by atoms with Gasteiger partial charge in [-0.15, -0.1) is 24.0 Å². The van der Waals surface area contributed by atoms with Crippen LogP contribution in [0.4, 0.5) is 0 Å². The molecular weight excluding hydrogens is 409 g/mol. The molecule has 0 aliphatic heterocycles. The minimum absolute atomic E-state index is 0. The molecule has 0 saturated carbocycles. The van der Waals surface area contributed by atoms with E-state index < -0.39 is 0 Å². The van der Waals surface area contributed by atoms with E-state index in [2.05, 4.69) is 10.3 Å². The number of guanidine groups is 1. The van der Waals surface area contributed by atoms with Crippen molar-refractivity contribution in [3.8, 4) is 5.75 Å². The van der Waals surface area contributed by atoms with Gasteiger partial charge in [-0.25, -0.2) is 0 Å². The first kappa shape index (κ1) is 21.5. The van der Waals surface area contributed by atoms with Crippen molar-refractivity contribution in [2.75, 3.05) is 40.9 Å². The molecule has 6 nitrogen and oxygen atoms in total. The van der Waals surface area contributed by atoms with Gasteiger partial charge in [0.1, 0.15) is 12.4 Å². The SMILES string of the molecule is CN=C(NCC(C)C(=O)OC)N(C)CCOc1ccccc1.I. The van der Waals surface area contributed by atoms with Gasteiger partial charge >= 0.3 is 5.97 Å². The second kappa shape index (κ2) is 12.0. The molecular formula is C16H26IN3O3. The number of nitrogens with zero attached hydrogens (tertiary/aromatic N) is 2. The monoisotopic (exact) mass is 435 g/mol. The Balaban J connectivity index is 0.00000484. The highest BCUT2D eigenvalue weighted by atomic mass is 127. The predicted molar refractivity (Wildman–Crippen MR) is 103 cm³/mol. The number of hydrogen-bond acceptors (Lipinski definition) is 4.